The SMILES string of the molecule is COc1cccc(N2C[C@H]3CNC[C@H]3C2)c1[N+](=O)[O-]. The highest BCUT2D eigenvalue weighted by Crippen LogP contribution is 2.40. The number of anilines is 1. The van der Waals surface area contributed by atoms with Gasteiger partial charge in [-0.3, -0.25) is 10.1 Å². The predicted octanol–water partition coefficient (Wildman–Crippen LogP) is 1.26. The highest BCUT2D eigenvalue weighted by atomic mass is 16.6. The number of hydrogen-bond donors (Lipinski definition) is 1. The number of rotatable bonds is 3. The van der Waals surface area contributed by atoms with Crippen molar-refractivity contribution >= 4 is 11.4 Å². The zero-order valence-corrected chi connectivity index (χ0v) is 10.8. The zero-order valence-electron chi connectivity index (χ0n) is 10.8. The molecule has 6 heteroatoms. The molecule has 1 aromatic rings. The quantitative estimate of drug-likeness (QED) is 0.657. The topological polar surface area (TPSA) is 67.6 Å². The molecule has 2 saturated heterocycles. The fraction of sp³-hybridized carbons (Fsp3) is 0.538. The zero-order chi connectivity index (χ0) is 13.4. The Hall–Kier alpha value is -1.82. The van der Waals surface area contributed by atoms with Crippen LogP contribution in [-0.2, 0) is 0 Å². The van der Waals surface area contributed by atoms with Gasteiger partial charge in [0.25, 0.3) is 0 Å². The molecule has 2 fully saturated rings. The molecule has 102 valence electrons. The second-order valence-corrected chi connectivity index (χ2v) is 5.17. The van der Waals surface area contributed by atoms with Crippen molar-refractivity contribution in [1.82, 2.24) is 5.32 Å². The Kier molecular flexibility index (Phi) is 3.02. The Morgan fingerprint density at radius 1 is 1.37 bits per heavy atom. The van der Waals surface area contributed by atoms with Gasteiger partial charge < -0.3 is 15.0 Å². The Bertz CT molecular complexity index is 494. The molecule has 2 aliphatic rings. The van der Waals surface area contributed by atoms with Crippen LogP contribution in [0.5, 0.6) is 5.75 Å². The van der Waals surface area contributed by atoms with E-state index in [1.165, 1.54) is 7.11 Å². The summed E-state index contributed by atoms with van der Waals surface area (Å²) in [5.74, 6) is 1.54. The van der Waals surface area contributed by atoms with Crippen molar-refractivity contribution in [2.24, 2.45) is 11.8 Å². The molecule has 0 unspecified atom stereocenters. The molecule has 3 rings (SSSR count). The molecule has 6 nitrogen and oxygen atoms in total. The summed E-state index contributed by atoms with van der Waals surface area (Å²) in [6.07, 6.45) is 0. The molecule has 0 radical (unpaired) electrons. The highest BCUT2D eigenvalue weighted by molar-refractivity contribution is 5.70. The Morgan fingerprint density at radius 2 is 2.05 bits per heavy atom. The third-order valence-corrected chi connectivity index (χ3v) is 4.11. The average Bonchev–Trinajstić information content (AvgIpc) is 2.98. The molecule has 0 amide bonds. The van der Waals surface area contributed by atoms with Gasteiger partial charge in [-0.25, -0.2) is 0 Å². The summed E-state index contributed by atoms with van der Waals surface area (Å²) in [5, 5.41) is 14.7. The summed E-state index contributed by atoms with van der Waals surface area (Å²) in [7, 11) is 1.47. The second kappa shape index (κ2) is 4.70. The lowest BCUT2D eigenvalue weighted by Crippen LogP contribution is -2.26. The Morgan fingerprint density at radius 3 is 2.63 bits per heavy atom. The van der Waals surface area contributed by atoms with Crippen molar-refractivity contribution in [3.05, 3.63) is 28.3 Å². The number of nitro groups is 1. The average molecular weight is 263 g/mol. The standard InChI is InChI=1S/C13H17N3O3/c1-19-12-4-2-3-11(13(12)16(17)18)15-7-9-5-14-6-10(9)8-15/h2-4,9-10,14H,5-8H2,1H3/t9-,10+. The van der Waals surface area contributed by atoms with Gasteiger partial charge in [-0.1, -0.05) is 6.07 Å². The van der Waals surface area contributed by atoms with E-state index in [-0.39, 0.29) is 10.6 Å². The maximum atomic E-state index is 11.3. The van der Waals surface area contributed by atoms with Crippen molar-refractivity contribution in [2.75, 3.05) is 38.2 Å². The van der Waals surface area contributed by atoms with Gasteiger partial charge in [0.05, 0.1) is 12.0 Å². The lowest BCUT2D eigenvalue weighted by atomic mass is 10.0. The minimum absolute atomic E-state index is 0.0814. The summed E-state index contributed by atoms with van der Waals surface area (Å²) >= 11 is 0. The van der Waals surface area contributed by atoms with Crippen LogP contribution in [0.25, 0.3) is 0 Å². The van der Waals surface area contributed by atoms with Crippen molar-refractivity contribution < 1.29 is 9.66 Å². The second-order valence-electron chi connectivity index (χ2n) is 5.17. The predicted molar refractivity (Wildman–Crippen MR) is 71.7 cm³/mol. The monoisotopic (exact) mass is 263 g/mol. The number of benzene rings is 1. The van der Waals surface area contributed by atoms with Gasteiger partial charge in [0.2, 0.25) is 0 Å². The number of hydrogen-bond acceptors (Lipinski definition) is 5. The van der Waals surface area contributed by atoms with E-state index in [1.807, 2.05) is 12.1 Å². The van der Waals surface area contributed by atoms with Gasteiger partial charge in [-0.15, -0.1) is 0 Å². The lowest BCUT2D eigenvalue weighted by molar-refractivity contribution is -0.385. The van der Waals surface area contributed by atoms with E-state index < -0.39 is 0 Å². The van der Waals surface area contributed by atoms with Crippen molar-refractivity contribution in [2.45, 2.75) is 0 Å². The highest BCUT2D eigenvalue weighted by Gasteiger charge is 2.38. The maximum absolute atomic E-state index is 11.3. The third-order valence-electron chi connectivity index (χ3n) is 4.11. The molecule has 1 N–H and O–H groups in total. The van der Waals surface area contributed by atoms with Crippen LogP contribution in [0.1, 0.15) is 0 Å². The largest absolute Gasteiger partial charge is 0.490 e. The summed E-state index contributed by atoms with van der Waals surface area (Å²) in [6.45, 7) is 3.79. The Labute approximate surface area is 111 Å². The van der Waals surface area contributed by atoms with Crippen LogP contribution in [0.4, 0.5) is 11.4 Å². The lowest BCUT2D eigenvalue weighted by Gasteiger charge is -2.20. The van der Waals surface area contributed by atoms with Gasteiger partial charge in [0.1, 0.15) is 5.69 Å². The number of nitro benzene ring substituents is 1. The molecule has 2 heterocycles. The Balaban J connectivity index is 1.94. The summed E-state index contributed by atoms with van der Waals surface area (Å²) in [5.41, 5.74) is 0.761. The van der Waals surface area contributed by atoms with Crippen LogP contribution in [0, 0.1) is 22.0 Å². The fourth-order valence-electron chi connectivity index (χ4n) is 3.17. The number of ether oxygens (including phenoxy) is 1. The van der Waals surface area contributed by atoms with Crippen LogP contribution < -0.4 is 15.0 Å². The van der Waals surface area contributed by atoms with E-state index in [2.05, 4.69) is 10.2 Å². The summed E-state index contributed by atoms with van der Waals surface area (Å²) in [4.78, 5) is 13.1. The first-order chi connectivity index (χ1) is 9.20. The van der Waals surface area contributed by atoms with Gasteiger partial charge in [0.15, 0.2) is 5.75 Å². The van der Waals surface area contributed by atoms with Crippen LogP contribution in [-0.4, -0.2) is 38.2 Å². The molecule has 2 aliphatic heterocycles. The molecule has 0 spiro atoms. The van der Waals surface area contributed by atoms with Gasteiger partial charge in [0, 0.05) is 26.2 Å². The minimum Gasteiger partial charge on any atom is -0.490 e. The molecule has 19 heavy (non-hydrogen) atoms. The van der Waals surface area contributed by atoms with E-state index in [0.29, 0.717) is 23.3 Å². The molecule has 0 aromatic heterocycles. The number of fused-ring (bicyclic) bond motifs is 1. The fourth-order valence-corrected chi connectivity index (χ4v) is 3.17. The van der Waals surface area contributed by atoms with Crippen LogP contribution in [0.15, 0.2) is 18.2 Å². The maximum Gasteiger partial charge on any atom is 0.333 e. The molecule has 0 bridgehead atoms. The number of nitrogens with zero attached hydrogens (tertiary/aromatic N) is 2. The van der Waals surface area contributed by atoms with E-state index in [4.69, 9.17) is 4.74 Å². The van der Waals surface area contributed by atoms with Crippen molar-refractivity contribution in [3.8, 4) is 5.75 Å². The molecular formula is C13H17N3O3. The van der Waals surface area contributed by atoms with Crippen LogP contribution >= 0.6 is 0 Å². The summed E-state index contributed by atoms with van der Waals surface area (Å²) < 4.78 is 5.12. The van der Waals surface area contributed by atoms with Gasteiger partial charge in [-0.2, -0.15) is 0 Å². The van der Waals surface area contributed by atoms with Crippen LogP contribution in [0.3, 0.4) is 0 Å². The minimum atomic E-state index is -0.347. The smallest absolute Gasteiger partial charge is 0.333 e. The molecule has 2 atom stereocenters. The van der Waals surface area contributed by atoms with E-state index in [9.17, 15) is 10.1 Å². The number of methoxy groups -OCH3 is 1. The van der Waals surface area contributed by atoms with E-state index in [1.54, 1.807) is 6.07 Å². The van der Waals surface area contributed by atoms with Crippen molar-refractivity contribution in [3.63, 3.8) is 0 Å². The third kappa shape index (κ3) is 2.02. The molecule has 1 aromatic carbocycles. The first kappa shape index (κ1) is 12.2. The normalized spacial score (nSPS) is 25.4. The van der Waals surface area contributed by atoms with Gasteiger partial charge >= 0.3 is 5.69 Å². The van der Waals surface area contributed by atoms with E-state index >= 15 is 0 Å². The van der Waals surface area contributed by atoms with E-state index in [0.717, 1.165) is 26.2 Å². The first-order valence-corrected chi connectivity index (χ1v) is 6.47. The van der Waals surface area contributed by atoms with Crippen LogP contribution in [0.2, 0.25) is 0 Å². The molecule has 0 saturated carbocycles. The number of nitrogens with one attached hydrogen (secondary N) is 1. The first-order valence-electron chi connectivity index (χ1n) is 6.47. The van der Waals surface area contributed by atoms with Crippen molar-refractivity contribution in [1.29, 1.82) is 0 Å². The molecular weight excluding hydrogens is 246 g/mol. The van der Waals surface area contributed by atoms with Gasteiger partial charge in [-0.05, 0) is 24.0 Å². The number of para-hydroxylation sites is 1. The molecule has 0 aliphatic carbocycles. The summed E-state index contributed by atoms with van der Waals surface area (Å²) in [6, 6.07) is 5.27.